The number of hydrogen-bond acceptors (Lipinski definition) is 6. The van der Waals surface area contributed by atoms with Crippen LogP contribution < -0.4 is 10.6 Å². The van der Waals surface area contributed by atoms with Gasteiger partial charge < -0.3 is 5.32 Å². The molecule has 0 aliphatic carbocycles. The summed E-state index contributed by atoms with van der Waals surface area (Å²) in [7, 11) is -8.91. The molecule has 0 atom stereocenters. The first-order chi connectivity index (χ1) is 12.4. The van der Waals surface area contributed by atoms with Gasteiger partial charge in [0.25, 0.3) is 26.1 Å². The van der Waals surface area contributed by atoms with E-state index in [-0.39, 0.29) is 11.1 Å². The predicted octanol–water partition coefficient (Wildman–Crippen LogP) is 0.263. The second-order valence-corrected chi connectivity index (χ2v) is 8.50. The van der Waals surface area contributed by atoms with E-state index in [0.29, 0.717) is 0 Å². The van der Waals surface area contributed by atoms with E-state index in [1.54, 1.807) is 0 Å². The van der Waals surface area contributed by atoms with Crippen molar-refractivity contribution in [3.8, 4) is 0 Å². The SMILES string of the molecule is O=C1NC(=O)C(c2ccc(S(=O)(=O)O)cc2)(c2ccc(S(=O)(=O)O)cc2)N1. The smallest absolute Gasteiger partial charge is 0.316 e. The lowest BCUT2D eigenvalue weighted by Gasteiger charge is -2.27. The lowest BCUT2D eigenvalue weighted by molar-refractivity contribution is -0.122. The summed E-state index contributed by atoms with van der Waals surface area (Å²) >= 11 is 0. The Morgan fingerprint density at radius 3 is 1.33 bits per heavy atom. The first-order valence-corrected chi connectivity index (χ1v) is 10.1. The first kappa shape index (κ1) is 19.0. The summed E-state index contributed by atoms with van der Waals surface area (Å²) < 4.78 is 62.9. The Hall–Kier alpha value is -2.80. The van der Waals surface area contributed by atoms with Gasteiger partial charge in [-0.1, -0.05) is 24.3 Å². The summed E-state index contributed by atoms with van der Waals surface area (Å²) in [4.78, 5) is 23.5. The Morgan fingerprint density at radius 2 is 1.07 bits per heavy atom. The van der Waals surface area contributed by atoms with Crippen LogP contribution in [0.15, 0.2) is 58.3 Å². The molecule has 1 fully saturated rings. The standard InChI is InChI=1S/C15H12N2O8S2/c18-13-15(17-14(19)16-13,9-1-5-11(6-2-9)26(20,21)22)10-3-7-12(8-4-10)27(23,24)25/h1-8H,(H,20,21,22)(H,23,24,25)(H2,16,17,18,19). The molecule has 0 radical (unpaired) electrons. The third-order valence-electron chi connectivity index (χ3n) is 4.04. The van der Waals surface area contributed by atoms with Crippen LogP contribution in [-0.2, 0) is 30.6 Å². The van der Waals surface area contributed by atoms with Crippen LogP contribution in [0.25, 0.3) is 0 Å². The van der Waals surface area contributed by atoms with Gasteiger partial charge in [0.2, 0.25) is 0 Å². The number of rotatable bonds is 4. The fourth-order valence-corrected chi connectivity index (χ4v) is 3.74. The summed E-state index contributed by atoms with van der Waals surface area (Å²) in [6.07, 6.45) is 0. The fourth-order valence-electron chi connectivity index (χ4n) is 2.78. The molecule has 0 bridgehead atoms. The average Bonchev–Trinajstić information content (AvgIpc) is 2.89. The Morgan fingerprint density at radius 1 is 0.704 bits per heavy atom. The van der Waals surface area contributed by atoms with E-state index < -0.39 is 47.5 Å². The van der Waals surface area contributed by atoms with Gasteiger partial charge in [0.05, 0.1) is 9.79 Å². The van der Waals surface area contributed by atoms with Gasteiger partial charge in [-0.15, -0.1) is 0 Å². The lowest BCUT2D eigenvalue weighted by Crippen LogP contribution is -2.44. The number of hydrogen-bond donors (Lipinski definition) is 4. The number of carbonyl (C=O) groups is 2. The molecule has 0 spiro atoms. The second kappa shape index (κ2) is 6.13. The zero-order valence-corrected chi connectivity index (χ0v) is 14.9. The maximum Gasteiger partial charge on any atom is 0.322 e. The van der Waals surface area contributed by atoms with E-state index in [2.05, 4.69) is 10.6 Å². The largest absolute Gasteiger partial charge is 0.322 e. The second-order valence-electron chi connectivity index (χ2n) is 5.66. The van der Waals surface area contributed by atoms with Crippen molar-refractivity contribution in [2.24, 2.45) is 0 Å². The van der Waals surface area contributed by atoms with Crippen LogP contribution in [0.3, 0.4) is 0 Å². The highest BCUT2D eigenvalue weighted by atomic mass is 32.2. The quantitative estimate of drug-likeness (QED) is 0.410. The summed E-state index contributed by atoms with van der Waals surface area (Å²) in [6, 6.07) is 8.31. The van der Waals surface area contributed by atoms with Crippen molar-refractivity contribution in [2.75, 3.05) is 0 Å². The van der Waals surface area contributed by atoms with Crippen LogP contribution in [0.1, 0.15) is 11.1 Å². The molecule has 4 N–H and O–H groups in total. The number of benzene rings is 2. The van der Waals surface area contributed by atoms with Gasteiger partial charge in [0.1, 0.15) is 0 Å². The summed E-state index contributed by atoms with van der Waals surface area (Å²) in [5, 5.41) is 4.51. The monoisotopic (exact) mass is 412 g/mol. The van der Waals surface area contributed by atoms with Crippen LogP contribution in [0.2, 0.25) is 0 Å². The highest BCUT2D eigenvalue weighted by Gasteiger charge is 2.49. The molecule has 1 heterocycles. The van der Waals surface area contributed by atoms with Gasteiger partial charge in [-0.05, 0) is 35.4 Å². The Labute approximate surface area is 153 Å². The van der Waals surface area contributed by atoms with Crippen molar-refractivity contribution in [1.82, 2.24) is 10.6 Å². The van der Waals surface area contributed by atoms with Crippen molar-refractivity contribution in [3.05, 3.63) is 59.7 Å². The van der Waals surface area contributed by atoms with Crippen LogP contribution in [0.4, 0.5) is 4.79 Å². The highest BCUT2D eigenvalue weighted by molar-refractivity contribution is 7.86. The molecule has 1 aliphatic heterocycles. The third-order valence-corrected chi connectivity index (χ3v) is 5.77. The van der Waals surface area contributed by atoms with Crippen LogP contribution in [0.5, 0.6) is 0 Å². The first-order valence-electron chi connectivity index (χ1n) is 7.24. The van der Waals surface area contributed by atoms with Crippen molar-refractivity contribution < 1.29 is 35.5 Å². The fraction of sp³-hybridized carbons (Fsp3) is 0.0667. The number of imide groups is 1. The zero-order chi connectivity index (χ0) is 20.0. The molecule has 0 unspecified atom stereocenters. The van der Waals surface area contributed by atoms with Crippen molar-refractivity contribution in [3.63, 3.8) is 0 Å². The van der Waals surface area contributed by atoms with Gasteiger partial charge in [-0.25, -0.2) is 4.79 Å². The minimum Gasteiger partial charge on any atom is -0.316 e. The number of nitrogens with one attached hydrogen (secondary N) is 2. The minimum atomic E-state index is -4.46. The van der Waals surface area contributed by atoms with E-state index in [4.69, 9.17) is 9.11 Å². The van der Waals surface area contributed by atoms with Gasteiger partial charge in [-0.3, -0.25) is 19.2 Å². The molecule has 0 saturated carbocycles. The molecule has 10 nitrogen and oxygen atoms in total. The Balaban J connectivity index is 2.17. The molecule has 2 aromatic carbocycles. The Bertz CT molecular complexity index is 1060. The number of amides is 3. The van der Waals surface area contributed by atoms with Crippen molar-refractivity contribution in [1.29, 1.82) is 0 Å². The minimum absolute atomic E-state index is 0.165. The van der Waals surface area contributed by atoms with Crippen LogP contribution in [-0.4, -0.2) is 37.9 Å². The summed E-state index contributed by atoms with van der Waals surface area (Å²) in [6.45, 7) is 0. The van der Waals surface area contributed by atoms with Gasteiger partial charge in [0.15, 0.2) is 5.54 Å². The lowest BCUT2D eigenvalue weighted by atomic mass is 9.83. The molecular weight excluding hydrogens is 400 g/mol. The molecule has 3 amide bonds. The molecular formula is C15H12N2O8S2. The van der Waals surface area contributed by atoms with Crippen LogP contribution >= 0.6 is 0 Å². The van der Waals surface area contributed by atoms with Crippen LogP contribution in [0, 0.1) is 0 Å². The van der Waals surface area contributed by atoms with Gasteiger partial charge >= 0.3 is 6.03 Å². The summed E-state index contributed by atoms with van der Waals surface area (Å²) in [5.74, 6) is -0.772. The third kappa shape index (κ3) is 3.30. The van der Waals surface area contributed by atoms with E-state index >= 15 is 0 Å². The van der Waals surface area contributed by atoms with E-state index in [1.165, 1.54) is 24.3 Å². The van der Waals surface area contributed by atoms with E-state index in [0.717, 1.165) is 24.3 Å². The summed E-state index contributed by atoms with van der Waals surface area (Å²) in [5.41, 5.74) is -1.43. The molecule has 142 valence electrons. The normalized spacial score (nSPS) is 16.7. The van der Waals surface area contributed by atoms with Crippen molar-refractivity contribution >= 4 is 32.2 Å². The molecule has 1 aliphatic rings. The van der Waals surface area contributed by atoms with Gasteiger partial charge in [-0.2, -0.15) is 16.8 Å². The highest BCUT2D eigenvalue weighted by Crippen LogP contribution is 2.34. The number of carbonyl (C=O) groups excluding carboxylic acids is 2. The van der Waals surface area contributed by atoms with E-state index in [1.807, 2.05) is 0 Å². The van der Waals surface area contributed by atoms with Gasteiger partial charge in [0, 0.05) is 0 Å². The zero-order valence-electron chi connectivity index (χ0n) is 13.3. The molecule has 0 aromatic heterocycles. The Kier molecular flexibility index (Phi) is 4.31. The maximum atomic E-state index is 12.5. The average molecular weight is 412 g/mol. The maximum absolute atomic E-state index is 12.5. The molecule has 27 heavy (non-hydrogen) atoms. The molecule has 1 saturated heterocycles. The number of urea groups is 1. The molecule has 12 heteroatoms. The van der Waals surface area contributed by atoms with Crippen molar-refractivity contribution in [2.45, 2.75) is 15.3 Å². The predicted molar refractivity (Wildman–Crippen MR) is 90.0 cm³/mol. The topological polar surface area (TPSA) is 167 Å². The molecule has 3 rings (SSSR count). The van der Waals surface area contributed by atoms with E-state index in [9.17, 15) is 26.4 Å². The molecule has 2 aromatic rings.